The summed E-state index contributed by atoms with van der Waals surface area (Å²) in [6.07, 6.45) is 1.46. The van der Waals surface area contributed by atoms with Crippen molar-refractivity contribution < 1.29 is 17.9 Å². The third-order valence-electron chi connectivity index (χ3n) is 3.72. The van der Waals surface area contributed by atoms with Crippen molar-refractivity contribution in [1.82, 2.24) is 4.31 Å². The highest BCUT2D eigenvalue weighted by atomic mass is 32.2. The normalized spacial score (nSPS) is 22.5. The monoisotopic (exact) mass is 308 g/mol. The van der Waals surface area contributed by atoms with Gasteiger partial charge in [-0.2, -0.15) is 9.57 Å². The molecule has 1 atom stereocenters. The van der Waals surface area contributed by atoms with Crippen LogP contribution in [-0.2, 0) is 10.0 Å². The number of sulfonamides is 1. The zero-order chi connectivity index (χ0) is 14.9. The van der Waals surface area contributed by atoms with Crippen LogP contribution >= 0.6 is 0 Å². The third-order valence-corrected chi connectivity index (χ3v) is 5.58. The summed E-state index contributed by atoms with van der Waals surface area (Å²) in [4.78, 5) is 0.185. The fraction of sp³-hybridized carbons (Fsp3) is 0.500. The molecule has 3 rings (SSSR count). The molecule has 2 aliphatic heterocycles. The highest BCUT2D eigenvalue weighted by molar-refractivity contribution is 7.89. The molecule has 1 saturated heterocycles. The quantitative estimate of drug-likeness (QED) is 0.824. The lowest BCUT2D eigenvalue weighted by atomic mass is 10.0. The Balaban J connectivity index is 1.89. The number of rotatable bonds is 2. The van der Waals surface area contributed by atoms with E-state index in [1.807, 2.05) is 0 Å². The summed E-state index contributed by atoms with van der Waals surface area (Å²) in [7, 11) is -3.59. The van der Waals surface area contributed by atoms with Gasteiger partial charge in [-0.15, -0.1) is 0 Å². The second-order valence-electron chi connectivity index (χ2n) is 5.14. The Hall–Kier alpha value is -1.78. The molecule has 1 aromatic carbocycles. The summed E-state index contributed by atoms with van der Waals surface area (Å²) >= 11 is 0. The van der Waals surface area contributed by atoms with E-state index in [0.29, 0.717) is 37.7 Å². The Bertz CT molecular complexity index is 681. The molecule has 0 spiro atoms. The molecule has 1 fully saturated rings. The Morgan fingerprint density at radius 1 is 1.24 bits per heavy atom. The molecule has 112 valence electrons. The largest absolute Gasteiger partial charge is 0.486 e. The van der Waals surface area contributed by atoms with Gasteiger partial charge in [0.25, 0.3) is 0 Å². The zero-order valence-electron chi connectivity index (χ0n) is 11.5. The van der Waals surface area contributed by atoms with Crippen LogP contribution in [0.15, 0.2) is 23.1 Å². The number of ether oxygens (including phenoxy) is 2. The number of piperidine rings is 1. The van der Waals surface area contributed by atoms with Crippen molar-refractivity contribution in [1.29, 1.82) is 5.26 Å². The van der Waals surface area contributed by atoms with Crippen LogP contribution < -0.4 is 9.47 Å². The fourth-order valence-corrected chi connectivity index (χ4v) is 4.14. The number of benzene rings is 1. The highest BCUT2D eigenvalue weighted by Gasteiger charge is 2.31. The number of hydrogen-bond donors (Lipinski definition) is 0. The molecule has 1 unspecified atom stereocenters. The Morgan fingerprint density at radius 3 is 2.76 bits per heavy atom. The van der Waals surface area contributed by atoms with Gasteiger partial charge in [0, 0.05) is 19.2 Å². The van der Waals surface area contributed by atoms with Gasteiger partial charge in [0.05, 0.1) is 16.9 Å². The van der Waals surface area contributed by atoms with E-state index in [1.165, 1.54) is 16.4 Å². The van der Waals surface area contributed by atoms with Gasteiger partial charge >= 0.3 is 0 Å². The minimum Gasteiger partial charge on any atom is -0.486 e. The van der Waals surface area contributed by atoms with Gasteiger partial charge in [-0.25, -0.2) is 8.42 Å². The second-order valence-corrected chi connectivity index (χ2v) is 7.07. The maximum Gasteiger partial charge on any atom is 0.243 e. The van der Waals surface area contributed by atoms with Gasteiger partial charge in [0.15, 0.2) is 11.5 Å². The van der Waals surface area contributed by atoms with E-state index >= 15 is 0 Å². The minimum atomic E-state index is -3.59. The van der Waals surface area contributed by atoms with Crippen LogP contribution in [-0.4, -0.2) is 39.0 Å². The smallest absolute Gasteiger partial charge is 0.243 e. The Labute approximate surface area is 123 Å². The van der Waals surface area contributed by atoms with Crippen LogP contribution in [0.3, 0.4) is 0 Å². The first-order valence-corrected chi connectivity index (χ1v) is 8.34. The van der Waals surface area contributed by atoms with E-state index in [4.69, 9.17) is 14.7 Å². The predicted octanol–water partition coefficient (Wildman–Crippen LogP) is 1.38. The van der Waals surface area contributed by atoms with Crippen LogP contribution in [0.2, 0.25) is 0 Å². The van der Waals surface area contributed by atoms with Crippen LogP contribution in [0.5, 0.6) is 11.5 Å². The summed E-state index contributed by atoms with van der Waals surface area (Å²) in [5, 5.41) is 9.00. The summed E-state index contributed by atoms with van der Waals surface area (Å²) in [5.41, 5.74) is 0. The minimum absolute atomic E-state index is 0.185. The van der Waals surface area contributed by atoms with Gasteiger partial charge < -0.3 is 9.47 Å². The lowest BCUT2D eigenvalue weighted by Gasteiger charge is -2.29. The average molecular weight is 308 g/mol. The molecule has 21 heavy (non-hydrogen) atoms. The maximum atomic E-state index is 12.7. The van der Waals surface area contributed by atoms with Crippen molar-refractivity contribution in [2.45, 2.75) is 17.7 Å². The van der Waals surface area contributed by atoms with Gasteiger partial charge in [0.1, 0.15) is 13.2 Å². The molecule has 0 saturated carbocycles. The van der Waals surface area contributed by atoms with E-state index in [1.54, 1.807) is 6.07 Å². The highest BCUT2D eigenvalue weighted by Crippen LogP contribution is 2.33. The third kappa shape index (κ3) is 2.69. The summed E-state index contributed by atoms with van der Waals surface area (Å²) in [5.74, 6) is 0.788. The van der Waals surface area contributed by atoms with Crippen LogP contribution in [0.25, 0.3) is 0 Å². The van der Waals surface area contributed by atoms with Crippen molar-refractivity contribution in [2.24, 2.45) is 5.92 Å². The van der Waals surface area contributed by atoms with Gasteiger partial charge in [-0.1, -0.05) is 0 Å². The molecule has 0 aliphatic carbocycles. The van der Waals surface area contributed by atoms with Crippen molar-refractivity contribution in [2.75, 3.05) is 26.3 Å². The molecule has 0 bridgehead atoms. The molecule has 0 radical (unpaired) electrons. The number of hydrogen-bond acceptors (Lipinski definition) is 5. The molecule has 2 heterocycles. The number of fused-ring (bicyclic) bond motifs is 1. The van der Waals surface area contributed by atoms with Crippen molar-refractivity contribution in [3.8, 4) is 17.6 Å². The van der Waals surface area contributed by atoms with E-state index < -0.39 is 10.0 Å². The van der Waals surface area contributed by atoms with Crippen molar-refractivity contribution in [3.63, 3.8) is 0 Å². The van der Waals surface area contributed by atoms with Gasteiger partial charge in [-0.3, -0.25) is 0 Å². The molecular formula is C14H16N2O4S. The first-order chi connectivity index (χ1) is 10.1. The Kier molecular flexibility index (Phi) is 3.74. The molecule has 0 aromatic heterocycles. The summed E-state index contributed by atoms with van der Waals surface area (Å²) < 4.78 is 37.5. The molecule has 2 aliphatic rings. The first-order valence-electron chi connectivity index (χ1n) is 6.90. The average Bonchev–Trinajstić information content (AvgIpc) is 2.54. The fourth-order valence-electron chi connectivity index (χ4n) is 2.60. The van der Waals surface area contributed by atoms with E-state index in [9.17, 15) is 8.42 Å². The van der Waals surface area contributed by atoms with E-state index in [-0.39, 0.29) is 17.4 Å². The zero-order valence-corrected chi connectivity index (χ0v) is 12.3. The van der Waals surface area contributed by atoms with Crippen LogP contribution in [0, 0.1) is 17.2 Å². The molecular weight excluding hydrogens is 292 g/mol. The van der Waals surface area contributed by atoms with Crippen LogP contribution in [0.4, 0.5) is 0 Å². The standard InChI is InChI=1S/C14H16N2O4S/c15-9-11-2-1-5-16(10-11)21(17,18)12-3-4-13-14(8-12)20-7-6-19-13/h3-4,8,11H,1-2,5-7,10H2. The van der Waals surface area contributed by atoms with Crippen LogP contribution in [0.1, 0.15) is 12.8 Å². The van der Waals surface area contributed by atoms with Gasteiger partial charge in [-0.05, 0) is 25.0 Å². The van der Waals surface area contributed by atoms with E-state index in [2.05, 4.69) is 6.07 Å². The lowest BCUT2D eigenvalue weighted by molar-refractivity contribution is 0.171. The molecule has 1 aromatic rings. The topological polar surface area (TPSA) is 79.6 Å². The summed E-state index contributed by atoms with van der Waals surface area (Å²) in [6, 6.07) is 6.80. The van der Waals surface area contributed by atoms with E-state index in [0.717, 1.165) is 6.42 Å². The number of nitriles is 1. The predicted molar refractivity (Wildman–Crippen MR) is 74.5 cm³/mol. The molecule has 7 heteroatoms. The lowest BCUT2D eigenvalue weighted by Crippen LogP contribution is -2.39. The number of nitrogens with zero attached hydrogens (tertiary/aromatic N) is 2. The SMILES string of the molecule is N#CC1CCCN(S(=O)(=O)c2ccc3c(c2)OCCO3)C1. The summed E-state index contributed by atoms with van der Waals surface area (Å²) in [6.45, 7) is 1.59. The van der Waals surface area contributed by atoms with Crippen molar-refractivity contribution in [3.05, 3.63) is 18.2 Å². The molecule has 6 nitrogen and oxygen atoms in total. The Morgan fingerprint density at radius 2 is 2.00 bits per heavy atom. The second kappa shape index (κ2) is 5.54. The van der Waals surface area contributed by atoms with Gasteiger partial charge in [0.2, 0.25) is 10.0 Å². The van der Waals surface area contributed by atoms with Crippen molar-refractivity contribution >= 4 is 10.0 Å². The maximum absolute atomic E-state index is 12.7. The molecule has 0 N–H and O–H groups in total. The molecule has 0 amide bonds. The first kappa shape index (κ1) is 14.2.